The van der Waals surface area contributed by atoms with Crippen molar-refractivity contribution in [2.45, 2.75) is 0 Å². The lowest BCUT2D eigenvalue weighted by Crippen LogP contribution is -2.07. The van der Waals surface area contributed by atoms with Gasteiger partial charge in [-0.25, -0.2) is 4.98 Å². The van der Waals surface area contributed by atoms with Gasteiger partial charge in [-0.2, -0.15) is 0 Å². The van der Waals surface area contributed by atoms with Crippen molar-refractivity contribution in [3.05, 3.63) is 66.7 Å². The van der Waals surface area contributed by atoms with Crippen LogP contribution in [0.1, 0.15) is 0 Å². The molecule has 0 saturated carbocycles. The largest absolute Gasteiger partial charge is 0.211 e. The molecule has 0 aliphatic heterocycles. The van der Waals surface area contributed by atoms with Gasteiger partial charge >= 0.3 is 0 Å². The van der Waals surface area contributed by atoms with Crippen molar-refractivity contribution in [2.75, 3.05) is 0 Å². The second-order valence-electron chi connectivity index (χ2n) is 3.83. The average Bonchev–Trinajstić information content (AvgIpc) is 2.39. The summed E-state index contributed by atoms with van der Waals surface area (Å²) in [7, 11) is 0. The highest BCUT2D eigenvalue weighted by Gasteiger charge is 2.06. The molecule has 0 spiro atoms. The van der Waals surface area contributed by atoms with Crippen molar-refractivity contribution in [1.29, 1.82) is 0 Å². The summed E-state index contributed by atoms with van der Waals surface area (Å²) in [6.07, 6.45) is 0. The van der Waals surface area contributed by atoms with Crippen LogP contribution in [-0.4, -0.2) is 0 Å². The van der Waals surface area contributed by atoms with E-state index in [1.54, 1.807) is 0 Å². The van der Waals surface area contributed by atoms with Crippen molar-refractivity contribution in [1.82, 2.24) is 0 Å². The third-order valence-electron chi connectivity index (χ3n) is 2.74. The standard InChI is InChI=1S/C15H11N/c1-2-6-12(7-3-1)15-11-10-13-8-4-5-9-14(13)16-15/h1-11H/p+1. The Kier molecular flexibility index (Phi) is 2.15. The molecule has 1 nitrogen and oxygen atoms in total. The second-order valence-corrected chi connectivity index (χ2v) is 3.83. The van der Waals surface area contributed by atoms with E-state index in [1.165, 1.54) is 16.5 Å². The molecule has 3 rings (SSSR count). The molecule has 0 aliphatic rings. The molecule has 1 heterocycles. The Labute approximate surface area is 94.4 Å². The second kappa shape index (κ2) is 3.78. The number of H-pyrrole nitrogens is 1. The molecule has 0 saturated heterocycles. The Morgan fingerprint density at radius 3 is 2.25 bits per heavy atom. The topological polar surface area (TPSA) is 14.1 Å². The molecule has 16 heavy (non-hydrogen) atoms. The van der Waals surface area contributed by atoms with Crippen LogP contribution >= 0.6 is 0 Å². The van der Waals surface area contributed by atoms with E-state index in [9.17, 15) is 0 Å². The summed E-state index contributed by atoms with van der Waals surface area (Å²) in [4.78, 5) is 3.44. The van der Waals surface area contributed by atoms with Crippen LogP contribution in [-0.2, 0) is 0 Å². The molecule has 2 aromatic carbocycles. The lowest BCUT2D eigenvalue weighted by molar-refractivity contribution is -0.330. The maximum Gasteiger partial charge on any atom is 0.211 e. The van der Waals surface area contributed by atoms with Gasteiger partial charge in [0.25, 0.3) is 0 Å². The number of aromatic amines is 1. The van der Waals surface area contributed by atoms with E-state index in [-0.39, 0.29) is 0 Å². The first kappa shape index (κ1) is 9.10. The highest BCUT2D eigenvalue weighted by molar-refractivity contribution is 5.76. The van der Waals surface area contributed by atoms with Crippen LogP contribution in [0.4, 0.5) is 0 Å². The number of rotatable bonds is 1. The number of pyridine rings is 1. The van der Waals surface area contributed by atoms with Crippen molar-refractivity contribution in [3.63, 3.8) is 0 Å². The smallest absolute Gasteiger partial charge is 0.204 e. The van der Waals surface area contributed by atoms with Gasteiger partial charge in [-0.3, -0.25) is 0 Å². The quantitative estimate of drug-likeness (QED) is 0.580. The van der Waals surface area contributed by atoms with Crippen LogP contribution in [0, 0.1) is 0 Å². The van der Waals surface area contributed by atoms with Gasteiger partial charge in [0.2, 0.25) is 11.2 Å². The SMILES string of the molecule is c1ccc(-c2ccc3ccccc3[nH+]2)cc1. The van der Waals surface area contributed by atoms with Gasteiger partial charge in [0.1, 0.15) is 0 Å². The Morgan fingerprint density at radius 2 is 1.38 bits per heavy atom. The van der Waals surface area contributed by atoms with E-state index >= 15 is 0 Å². The summed E-state index contributed by atoms with van der Waals surface area (Å²) in [5, 5.41) is 1.24. The zero-order chi connectivity index (χ0) is 10.8. The Morgan fingerprint density at radius 1 is 0.625 bits per heavy atom. The molecule has 3 aromatic rings. The first-order valence-corrected chi connectivity index (χ1v) is 5.40. The summed E-state index contributed by atoms with van der Waals surface area (Å²) in [5.41, 5.74) is 3.54. The van der Waals surface area contributed by atoms with Crippen molar-refractivity contribution >= 4 is 10.9 Å². The summed E-state index contributed by atoms with van der Waals surface area (Å²) in [6, 6.07) is 22.9. The molecule has 0 bridgehead atoms. The number of fused-ring (bicyclic) bond motifs is 1. The lowest BCUT2D eigenvalue weighted by Gasteiger charge is -1.96. The number of nitrogens with one attached hydrogen (secondary N) is 1. The fraction of sp³-hybridized carbons (Fsp3) is 0. The molecule has 1 heteroatoms. The molecule has 0 atom stereocenters. The number of hydrogen-bond acceptors (Lipinski definition) is 0. The minimum atomic E-state index is 1.15. The molecular weight excluding hydrogens is 194 g/mol. The molecule has 0 amide bonds. The first-order chi connectivity index (χ1) is 7.93. The third-order valence-corrected chi connectivity index (χ3v) is 2.74. The van der Waals surface area contributed by atoms with E-state index in [0.29, 0.717) is 0 Å². The van der Waals surface area contributed by atoms with Crippen LogP contribution in [0.5, 0.6) is 0 Å². The maximum atomic E-state index is 3.44. The van der Waals surface area contributed by atoms with E-state index in [1.807, 2.05) is 12.1 Å². The van der Waals surface area contributed by atoms with Crippen LogP contribution in [0.25, 0.3) is 22.2 Å². The monoisotopic (exact) mass is 206 g/mol. The fourth-order valence-electron chi connectivity index (χ4n) is 1.90. The number of para-hydroxylation sites is 1. The summed E-state index contributed by atoms with van der Waals surface area (Å²) in [6.45, 7) is 0. The number of aromatic nitrogens is 1. The molecule has 0 unspecified atom stereocenters. The Balaban J connectivity index is 2.19. The van der Waals surface area contributed by atoms with Crippen LogP contribution in [0.2, 0.25) is 0 Å². The molecule has 1 N–H and O–H groups in total. The van der Waals surface area contributed by atoms with Gasteiger partial charge in [0.15, 0.2) is 0 Å². The Bertz CT molecular complexity index is 614. The fourth-order valence-corrected chi connectivity index (χ4v) is 1.90. The van der Waals surface area contributed by atoms with Crippen molar-refractivity contribution in [3.8, 4) is 11.3 Å². The summed E-state index contributed by atoms with van der Waals surface area (Å²) >= 11 is 0. The van der Waals surface area contributed by atoms with Crippen LogP contribution in [0.3, 0.4) is 0 Å². The Hall–Kier alpha value is -2.15. The van der Waals surface area contributed by atoms with Gasteiger partial charge in [0, 0.05) is 23.1 Å². The maximum absolute atomic E-state index is 3.44. The molecule has 1 aromatic heterocycles. The van der Waals surface area contributed by atoms with Gasteiger partial charge in [-0.15, -0.1) is 0 Å². The molecule has 0 radical (unpaired) electrons. The van der Waals surface area contributed by atoms with Crippen LogP contribution < -0.4 is 4.98 Å². The zero-order valence-corrected chi connectivity index (χ0v) is 8.85. The van der Waals surface area contributed by atoms with E-state index in [4.69, 9.17) is 0 Å². The third kappa shape index (κ3) is 1.57. The number of hydrogen-bond donors (Lipinski definition) is 0. The van der Waals surface area contributed by atoms with E-state index < -0.39 is 0 Å². The van der Waals surface area contributed by atoms with Crippen molar-refractivity contribution < 1.29 is 4.98 Å². The normalized spacial score (nSPS) is 10.5. The molecule has 0 fully saturated rings. The predicted molar refractivity (Wildman–Crippen MR) is 65.9 cm³/mol. The van der Waals surface area contributed by atoms with Crippen LogP contribution in [0.15, 0.2) is 66.7 Å². The zero-order valence-electron chi connectivity index (χ0n) is 8.85. The van der Waals surface area contributed by atoms with Gasteiger partial charge < -0.3 is 0 Å². The minimum absolute atomic E-state index is 1.15. The molecular formula is C15H12N+. The summed E-state index contributed by atoms with van der Waals surface area (Å²) in [5.74, 6) is 0. The average molecular weight is 206 g/mol. The molecule has 0 aliphatic carbocycles. The van der Waals surface area contributed by atoms with E-state index in [0.717, 1.165) is 5.69 Å². The van der Waals surface area contributed by atoms with Crippen molar-refractivity contribution in [2.24, 2.45) is 0 Å². The van der Waals surface area contributed by atoms with E-state index in [2.05, 4.69) is 59.6 Å². The van der Waals surface area contributed by atoms with Gasteiger partial charge in [0.05, 0.1) is 0 Å². The minimum Gasteiger partial charge on any atom is -0.204 e. The van der Waals surface area contributed by atoms with Gasteiger partial charge in [-0.05, 0) is 24.3 Å². The number of benzene rings is 2. The molecule has 76 valence electrons. The first-order valence-electron chi connectivity index (χ1n) is 5.40. The lowest BCUT2D eigenvalue weighted by atomic mass is 10.1. The predicted octanol–water partition coefficient (Wildman–Crippen LogP) is 3.32. The highest BCUT2D eigenvalue weighted by atomic mass is 14.7. The highest BCUT2D eigenvalue weighted by Crippen LogP contribution is 2.16. The van der Waals surface area contributed by atoms with Gasteiger partial charge in [-0.1, -0.05) is 30.3 Å². The summed E-state index contributed by atoms with van der Waals surface area (Å²) < 4.78 is 0.